The summed E-state index contributed by atoms with van der Waals surface area (Å²) in [5.74, 6) is 2.45. The van der Waals surface area contributed by atoms with Gasteiger partial charge in [-0.3, -0.25) is 0 Å². The van der Waals surface area contributed by atoms with Gasteiger partial charge in [0.2, 0.25) is 0 Å². The van der Waals surface area contributed by atoms with Crippen LogP contribution in [0.5, 0.6) is 11.5 Å². The highest BCUT2D eigenvalue weighted by atomic mass is 16.5. The first-order chi connectivity index (χ1) is 8.83. The number of methoxy groups -OCH3 is 1. The minimum atomic E-state index is 0.743. The lowest BCUT2D eigenvalue weighted by molar-refractivity contribution is 0.176. The fourth-order valence-corrected chi connectivity index (χ4v) is 2.08. The van der Waals surface area contributed by atoms with Crippen LogP contribution in [0.1, 0.15) is 31.7 Å². The molecule has 0 spiro atoms. The first kappa shape index (κ1) is 13.2. The highest BCUT2D eigenvalue weighted by Gasteiger charge is 2.18. The monoisotopic (exact) mass is 249 g/mol. The van der Waals surface area contributed by atoms with Crippen molar-refractivity contribution in [3.8, 4) is 11.5 Å². The molecule has 0 radical (unpaired) electrons. The molecule has 0 aromatic heterocycles. The molecule has 3 nitrogen and oxygen atoms in total. The summed E-state index contributed by atoms with van der Waals surface area (Å²) in [6.45, 7) is 4.78. The molecule has 100 valence electrons. The number of nitrogens with one attached hydrogen (secondary N) is 1. The molecule has 0 bridgehead atoms. The topological polar surface area (TPSA) is 30.5 Å². The van der Waals surface area contributed by atoms with Crippen LogP contribution >= 0.6 is 0 Å². The van der Waals surface area contributed by atoms with Crippen molar-refractivity contribution in [1.82, 2.24) is 5.32 Å². The fourth-order valence-electron chi connectivity index (χ4n) is 2.08. The molecule has 2 rings (SSSR count). The Morgan fingerprint density at radius 3 is 2.72 bits per heavy atom. The van der Waals surface area contributed by atoms with E-state index in [-0.39, 0.29) is 0 Å². The fraction of sp³-hybridized carbons (Fsp3) is 0.600. The van der Waals surface area contributed by atoms with Gasteiger partial charge in [-0.15, -0.1) is 0 Å². The highest BCUT2D eigenvalue weighted by molar-refractivity contribution is 5.43. The molecule has 1 N–H and O–H groups in total. The van der Waals surface area contributed by atoms with Crippen molar-refractivity contribution in [1.29, 1.82) is 0 Å². The molecule has 18 heavy (non-hydrogen) atoms. The van der Waals surface area contributed by atoms with E-state index in [1.165, 1.54) is 24.8 Å². The van der Waals surface area contributed by atoms with Crippen molar-refractivity contribution >= 4 is 0 Å². The zero-order valence-corrected chi connectivity index (χ0v) is 11.4. The molecule has 0 unspecified atom stereocenters. The van der Waals surface area contributed by atoms with E-state index in [0.717, 1.165) is 37.1 Å². The number of ether oxygens (including phenoxy) is 2. The standard InChI is InChI=1S/C15H23NO2/c1-3-16-10-13-7-8-14(17-2)15(9-13)18-11-12-5-4-6-12/h7-9,12,16H,3-6,10-11H2,1-2H3. The lowest BCUT2D eigenvalue weighted by Crippen LogP contribution is -2.19. The molecule has 1 aromatic carbocycles. The van der Waals surface area contributed by atoms with Crippen molar-refractivity contribution in [3.05, 3.63) is 23.8 Å². The second-order valence-electron chi connectivity index (χ2n) is 4.87. The van der Waals surface area contributed by atoms with E-state index in [9.17, 15) is 0 Å². The van der Waals surface area contributed by atoms with Crippen molar-refractivity contribution in [2.24, 2.45) is 5.92 Å². The molecule has 0 saturated heterocycles. The Bertz CT molecular complexity index is 375. The van der Waals surface area contributed by atoms with Gasteiger partial charge in [0.25, 0.3) is 0 Å². The van der Waals surface area contributed by atoms with E-state index < -0.39 is 0 Å². The van der Waals surface area contributed by atoms with Crippen molar-refractivity contribution in [3.63, 3.8) is 0 Å². The first-order valence-electron chi connectivity index (χ1n) is 6.84. The molecule has 0 heterocycles. The second kappa shape index (κ2) is 6.64. The van der Waals surface area contributed by atoms with E-state index in [1.54, 1.807) is 7.11 Å². The predicted octanol–water partition coefficient (Wildman–Crippen LogP) is 2.98. The minimum Gasteiger partial charge on any atom is -0.493 e. The average molecular weight is 249 g/mol. The molecule has 1 aliphatic rings. The van der Waals surface area contributed by atoms with Gasteiger partial charge in [-0.05, 0) is 43.0 Å². The maximum atomic E-state index is 5.90. The van der Waals surface area contributed by atoms with Gasteiger partial charge >= 0.3 is 0 Å². The molecule has 1 aromatic rings. The van der Waals surface area contributed by atoms with E-state index >= 15 is 0 Å². The third-order valence-corrected chi connectivity index (χ3v) is 3.51. The van der Waals surface area contributed by atoms with Gasteiger partial charge in [-0.25, -0.2) is 0 Å². The molecule has 0 atom stereocenters. The number of rotatable bonds is 7. The van der Waals surface area contributed by atoms with Crippen LogP contribution in [-0.4, -0.2) is 20.3 Å². The maximum absolute atomic E-state index is 5.90. The van der Waals surface area contributed by atoms with Gasteiger partial charge in [0.1, 0.15) is 0 Å². The van der Waals surface area contributed by atoms with Crippen molar-refractivity contribution in [2.75, 3.05) is 20.3 Å². The smallest absolute Gasteiger partial charge is 0.161 e. The molecule has 1 aliphatic carbocycles. The Morgan fingerprint density at radius 2 is 2.11 bits per heavy atom. The molecule has 3 heteroatoms. The Morgan fingerprint density at radius 1 is 1.28 bits per heavy atom. The van der Waals surface area contributed by atoms with Crippen molar-refractivity contribution < 1.29 is 9.47 Å². The Labute approximate surface area is 109 Å². The van der Waals surface area contributed by atoms with E-state index in [0.29, 0.717) is 0 Å². The largest absolute Gasteiger partial charge is 0.493 e. The summed E-state index contributed by atoms with van der Waals surface area (Å²) in [6.07, 6.45) is 3.96. The Hall–Kier alpha value is -1.22. The second-order valence-corrected chi connectivity index (χ2v) is 4.87. The van der Waals surface area contributed by atoms with Crippen LogP contribution in [-0.2, 0) is 6.54 Å². The summed E-state index contributed by atoms with van der Waals surface area (Å²) in [5, 5.41) is 3.32. The SMILES string of the molecule is CCNCc1ccc(OC)c(OCC2CCC2)c1. The third-order valence-electron chi connectivity index (χ3n) is 3.51. The third kappa shape index (κ3) is 3.39. The molecular weight excluding hydrogens is 226 g/mol. The van der Waals surface area contributed by atoms with E-state index in [4.69, 9.17) is 9.47 Å². The van der Waals surface area contributed by atoms with Gasteiger partial charge in [-0.1, -0.05) is 19.4 Å². The Kier molecular flexibility index (Phi) is 4.88. The minimum absolute atomic E-state index is 0.743. The van der Waals surface area contributed by atoms with Crippen LogP contribution < -0.4 is 14.8 Å². The van der Waals surface area contributed by atoms with Crippen LogP contribution in [0.4, 0.5) is 0 Å². The molecule has 0 amide bonds. The normalized spacial score (nSPS) is 15.2. The summed E-state index contributed by atoms with van der Waals surface area (Å²) in [7, 11) is 1.69. The first-order valence-corrected chi connectivity index (χ1v) is 6.84. The predicted molar refractivity (Wildman–Crippen MR) is 73.2 cm³/mol. The van der Waals surface area contributed by atoms with E-state index in [1.807, 2.05) is 6.07 Å². The van der Waals surface area contributed by atoms with Gasteiger partial charge < -0.3 is 14.8 Å². The maximum Gasteiger partial charge on any atom is 0.161 e. The zero-order chi connectivity index (χ0) is 12.8. The average Bonchev–Trinajstić information content (AvgIpc) is 2.34. The summed E-state index contributed by atoms with van der Waals surface area (Å²) in [4.78, 5) is 0. The zero-order valence-electron chi connectivity index (χ0n) is 11.4. The van der Waals surface area contributed by atoms with Gasteiger partial charge in [0.05, 0.1) is 13.7 Å². The lowest BCUT2D eigenvalue weighted by Gasteiger charge is -2.25. The van der Waals surface area contributed by atoms with Crippen LogP contribution in [0.15, 0.2) is 18.2 Å². The summed E-state index contributed by atoms with van der Waals surface area (Å²) in [6, 6.07) is 6.15. The van der Waals surface area contributed by atoms with Gasteiger partial charge in [0.15, 0.2) is 11.5 Å². The summed E-state index contributed by atoms with van der Waals surface area (Å²) in [5.41, 5.74) is 1.24. The molecule has 1 saturated carbocycles. The van der Waals surface area contributed by atoms with Gasteiger partial charge in [-0.2, -0.15) is 0 Å². The van der Waals surface area contributed by atoms with Crippen LogP contribution in [0.25, 0.3) is 0 Å². The van der Waals surface area contributed by atoms with Gasteiger partial charge in [0, 0.05) is 6.54 Å². The van der Waals surface area contributed by atoms with E-state index in [2.05, 4.69) is 24.4 Å². The highest BCUT2D eigenvalue weighted by Crippen LogP contribution is 2.31. The molecule has 0 aliphatic heterocycles. The van der Waals surface area contributed by atoms with Crippen LogP contribution in [0.3, 0.4) is 0 Å². The molecule has 1 fully saturated rings. The number of benzene rings is 1. The lowest BCUT2D eigenvalue weighted by atomic mass is 9.86. The van der Waals surface area contributed by atoms with Crippen LogP contribution in [0.2, 0.25) is 0 Å². The quantitative estimate of drug-likeness (QED) is 0.806. The molecular formula is C15H23NO2. The number of hydrogen-bond acceptors (Lipinski definition) is 3. The number of hydrogen-bond donors (Lipinski definition) is 1. The van der Waals surface area contributed by atoms with Crippen LogP contribution in [0, 0.1) is 5.92 Å². The summed E-state index contributed by atoms with van der Waals surface area (Å²) >= 11 is 0. The summed E-state index contributed by atoms with van der Waals surface area (Å²) < 4.78 is 11.2. The van der Waals surface area contributed by atoms with Crippen molar-refractivity contribution in [2.45, 2.75) is 32.7 Å². The Balaban J connectivity index is 1.98.